The van der Waals surface area contributed by atoms with Crippen molar-refractivity contribution in [3.8, 4) is 33.0 Å². The molecule has 7 rings (SSSR count). The van der Waals surface area contributed by atoms with Crippen molar-refractivity contribution < 1.29 is 56.3 Å². The Hall–Kier alpha value is -4.38. The summed E-state index contributed by atoms with van der Waals surface area (Å²) >= 11 is 1.60. The molecular formula is C55H61F6IrN2O2S-. The Morgan fingerprint density at radius 1 is 0.821 bits per heavy atom. The molecule has 4 nitrogen and oxygen atoms in total. The first kappa shape index (κ1) is 53.6. The van der Waals surface area contributed by atoms with Gasteiger partial charge < -0.3 is 5.11 Å². The first-order chi connectivity index (χ1) is 31.1. The summed E-state index contributed by atoms with van der Waals surface area (Å²) in [6, 6.07) is 27.9. The van der Waals surface area contributed by atoms with Crippen LogP contribution in [0.3, 0.4) is 0 Å². The maximum atomic E-state index is 13.6. The number of aryl methyl sites for hydroxylation is 2. The molecule has 6 aromatic rings. The Bertz CT molecular complexity index is 2680. The smallest absolute Gasteiger partial charge is 0.403 e. The Morgan fingerprint density at radius 2 is 1.42 bits per heavy atom. The van der Waals surface area contributed by atoms with Crippen molar-refractivity contribution in [1.29, 1.82) is 0 Å². The summed E-state index contributed by atoms with van der Waals surface area (Å²) in [4.78, 5) is 21.5. The van der Waals surface area contributed by atoms with Gasteiger partial charge in [0.05, 0.1) is 11.3 Å². The van der Waals surface area contributed by atoms with E-state index in [4.69, 9.17) is 9.97 Å². The topological polar surface area (TPSA) is 63.1 Å². The van der Waals surface area contributed by atoms with E-state index in [1.165, 1.54) is 17.0 Å². The number of nitrogens with zero attached hydrogens (tertiary/aromatic N) is 2. The van der Waals surface area contributed by atoms with E-state index < -0.39 is 30.6 Å². The van der Waals surface area contributed by atoms with Crippen LogP contribution >= 0.6 is 11.3 Å². The van der Waals surface area contributed by atoms with Gasteiger partial charge in [0.1, 0.15) is 5.01 Å². The number of halogens is 6. The van der Waals surface area contributed by atoms with E-state index in [1.807, 2.05) is 77.9 Å². The molecule has 1 aliphatic rings. The standard InChI is InChI=1S/C42H37F6N2S.C13H24O2.Ir/c1-24-20-27(26-14-17-40(18-15-26,41(43,44)45)42(46,47)48)10-12-31(24)29-11-13-32(25(2)21-29)38-50-35-16-19-49-36(37(35)51-38)30-22-28-8-6-7-9-33(28)34(23-30)39(3,4)5;1-5-10(6-2)12(14)9-13(15)11(7-3)8-4;/h6-13,16,19-21,23,26H,14-15,17-18H2,1-5H3;9-11,14H,5-8H2,1-4H3;/q-1;;/b;12-9-;. The Morgan fingerprint density at radius 3 is 1.99 bits per heavy atom. The van der Waals surface area contributed by atoms with Gasteiger partial charge in [-0.25, -0.2) is 4.98 Å². The van der Waals surface area contributed by atoms with E-state index in [9.17, 15) is 36.2 Å². The molecule has 0 spiro atoms. The molecular weight excluding hydrogens is 1060 g/mol. The second-order valence-electron chi connectivity index (χ2n) is 18.9. The summed E-state index contributed by atoms with van der Waals surface area (Å²) in [5.41, 5.74) is 5.81. The van der Waals surface area contributed by atoms with Gasteiger partial charge in [0, 0.05) is 60.2 Å². The summed E-state index contributed by atoms with van der Waals surface area (Å²) in [6.45, 7) is 18.7. The second-order valence-corrected chi connectivity index (χ2v) is 19.9. The molecule has 67 heavy (non-hydrogen) atoms. The largest absolute Gasteiger partial charge is 0.512 e. The van der Waals surface area contributed by atoms with Crippen LogP contribution < -0.4 is 0 Å². The fraction of sp³-hybridized carbons (Fsp3) is 0.436. The number of aliphatic hydroxyl groups is 1. The van der Waals surface area contributed by atoms with E-state index in [0.29, 0.717) is 0 Å². The molecule has 0 unspecified atom stereocenters. The summed E-state index contributed by atoms with van der Waals surface area (Å²) in [7, 11) is 0. The van der Waals surface area contributed by atoms with Crippen LogP contribution in [0.4, 0.5) is 26.3 Å². The van der Waals surface area contributed by atoms with E-state index in [0.717, 1.165) is 90.9 Å². The van der Waals surface area contributed by atoms with Crippen LogP contribution in [0, 0.1) is 37.2 Å². The molecule has 0 bridgehead atoms. The minimum atomic E-state index is -5.32. The third kappa shape index (κ3) is 11.4. The van der Waals surface area contributed by atoms with E-state index in [-0.39, 0.29) is 67.7 Å². The predicted molar refractivity (Wildman–Crippen MR) is 258 cm³/mol. The molecule has 1 saturated carbocycles. The van der Waals surface area contributed by atoms with Crippen LogP contribution in [-0.2, 0) is 30.3 Å². The average Bonchev–Trinajstić information content (AvgIpc) is 3.70. The van der Waals surface area contributed by atoms with Crippen molar-refractivity contribution in [2.45, 2.75) is 137 Å². The van der Waals surface area contributed by atoms with Crippen LogP contribution in [-0.4, -0.2) is 33.2 Å². The first-order valence-corrected chi connectivity index (χ1v) is 23.9. The number of aliphatic hydroxyl groups excluding tert-OH is 1. The van der Waals surface area contributed by atoms with Gasteiger partial charge in [0.2, 0.25) is 0 Å². The minimum absolute atomic E-state index is 0. The van der Waals surface area contributed by atoms with Crippen molar-refractivity contribution >= 4 is 38.1 Å². The van der Waals surface area contributed by atoms with Gasteiger partial charge in [0.15, 0.2) is 11.2 Å². The molecule has 2 heterocycles. The monoisotopic (exact) mass is 1120 g/mol. The molecule has 4 aromatic carbocycles. The number of aromatic nitrogens is 2. The molecule has 1 radical (unpaired) electrons. The number of ketones is 1. The molecule has 1 aliphatic carbocycles. The van der Waals surface area contributed by atoms with Crippen molar-refractivity contribution in [1.82, 2.24) is 9.97 Å². The number of alkyl halides is 6. The average molecular weight is 1120 g/mol. The van der Waals surface area contributed by atoms with Crippen molar-refractivity contribution in [3.63, 3.8) is 0 Å². The third-order valence-electron chi connectivity index (χ3n) is 13.6. The molecule has 1 fully saturated rings. The van der Waals surface area contributed by atoms with Gasteiger partial charge in [-0.1, -0.05) is 114 Å². The van der Waals surface area contributed by atoms with E-state index in [1.54, 1.807) is 17.5 Å². The fourth-order valence-corrected chi connectivity index (χ4v) is 10.6. The quantitative estimate of drug-likeness (QED) is 0.0608. The van der Waals surface area contributed by atoms with Crippen LogP contribution in [0.5, 0.6) is 0 Å². The number of carbonyl (C=O) groups excluding carboxylic acids is 1. The van der Waals surface area contributed by atoms with Crippen LogP contribution in [0.2, 0.25) is 0 Å². The Labute approximate surface area is 409 Å². The SMILES string of the molecule is CCC(CC)C(=O)/C=C(\O)C(CC)CC.Cc1cc(C2CCC(C(F)(F)F)(C(F)(F)F)CC2)ccc1-c1ccc(-c2nc3ccnc(-c4[c-]c5ccccc5c(C(C)(C)C)c4)c3s2)c(C)c1.[Ir]. The molecule has 1 N–H and O–H groups in total. The molecule has 0 aliphatic heterocycles. The summed E-state index contributed by atoms with van der Waals surface area (Å²) < 4.78 is 82.6. The maximum absolute atomic E-state index is 13.6. The van der Waals surface area contributed by atoms with Crippen LogP contribution in [0.15, 0.2) is 90.8 Å². The zero-order valence-electron chi connectivity index (χ0n) is 39.7. The predicted octanol–water partition coefficient (Wildman–Crippen LogP) is 17.2. The van der Waals surface area contributed by atoms with Gasteiger partial charge in [0.25, 0.3) is 0 Å². The van der Waals surface area contributed by atoms with Gasteiger partial charge in [-0.2, -0.15) is 26.3 Å². The van der Waals surface area contributed by atoms with Crippen molar-refractivity contribution in [2.24, 2.45) is 17.3 Å². The van der Waals surface area contributed by atoms with Gasteiger partial charge in [-0.3, -0.25) is 9.78 Å². The number of carbonyl (C=O) groups is 1. The number of hydrogen-bond donors (Lipinski definition) is 1. The van der Waals surface area contributed by atoms with E-state index in [2.05, 4.69) is 63.2 Å². The number of benzene rings is 4. The molecule has 2 aromatic heterocycles. The van der Waals surface area contributed by atoms with Gasteiger partial charge >= 0.3 is 12.4 Å². The number of fused-ring (bicyclic) bond motifs is 2. The summed E-state index contributed by atoms with van der Waals surface area (Å²) in [6.07, 6.45) is -6.18. The number of pyridine rings is 1. The van der Waals surface area contributed by atoms with Gasteiger partial charge in [-0.15, -0.1) is 40.5 Å². The number of allylic oxidation sites excluding steroid dienone is 2. The van der Waals surface area contributed by atoms with Crippen molar-refractivity contribution in [3.05, 3.63) is 119 Å². The third-order valence-corrected chi connectivity index (χ3v) is 14.8. The fourth-order valence-electron chi connectivity index (χ4n) is 9.43. The summed E-state index contributed by atoms with van der Waals surface area (Å²) in [5, 5.41) is 12.9. The minimum Gasteiger partial charge on any atom is -0.512 e. The normalized spacial score (nSPS) is 14.9. The number of hydrogen-bond acceptors (Lipinski definition) is 5. The van der Waals surface area contributed by atoms with Crippen LogP contribution in [0.1, 0.15) is 128 Å². The molecule has 361 valence electrons. The van der Waals surface area contributed by atoms with E-state index >= 15 is 0 Å². The number of thiazole rings is 1. The molecule has 12 heteroatoms. The molecule has 0 atom stereocenters. The van der Waals surface area contributed by atoms with Crippen molar-refractivity contribution in [2.75, 3.05) is 0 Å². The number of rotatable bonds is 11. The molecule has 0 saturated heterocycles. The molecule has 0 amide bonds. The Balaban J connectivity index is 0.000000453. The maximum Gasteiger partial charge on any atom is 0.403 e. The summed E-state index contributed by atoms with van der Waals surface area (Å²) in [5.74, 6) is 0.191. The zero-order valence-corrected chi connectivity index (χ0v) is 42.9. The van der Waals surface area contributed by atoms with Gasteiger partial charge in [-0.05, 0) is 110 Å². The second kappa shape index (κ2) is 21.5. The zero-order chi connectivity index (χ0) is 48.4. The first-order valence-electron chi connectivity index (χ1n) is 23.1. The van der Waals surface area contributed by atoms with Crippen LogP contribution in [0.25, 0.3) is 53.9 Å². The Kier molecular flexibility index (Phi) is 17.2.